The number of aldehydes is 1. The minimum atomic E-state index is -0.975. The van der Waals surface area contributed by atoms with E-state index in [1.807, 2.05) is 60.7 Å². The van der Waals surface area contributed by atoms with Crippen molar-refractivity contribution in [2.75, 3.05) is 0 Å². The molecule has 0 saturated heterocycles. The van der Waals surface area contributed by atoms with Gasteiger partial charge in [0.15, 0.2) is 6.29 Å². The van der Waals surface area contributed by atoms with Crippen molar-refractivity contribution in [3.63, 3.8) is 0 Å². The molecule has 1 aromatic heterocycles. The molecule has 0 aliphatic rings. The lowest BCUT2D eigenvalue weighted by Gasteiger charge is -2.11. The fourth-order valence-electron chi connectivity index (χ4n) is 4.45. The highest BCUT2D eigenvalue weighted by molar-refractivity contribution is 5.96. The standard InChI is InChI=1S/C30H30N2O4/c1-21(2)12-17-27-28(20-33)32(18-22-8-4-3-5-9-22)30(36)31(27)19-23-13-15-24(16-14-23)25-10-6-7-11-26(25)29(34)35/h3-11,13-16,20-21H,12,17-19H2,1-2H3,(H,34,35). The van der Waals surface area contributed by atoms with Gasteiger partial charge in [0, 0.05) is 0 Å². The number of carbonyl (C=O) groups is 2. The lowest BCUT2D eigenvalue weighted by molar-refractivity contribution is 0.0697. The zero-order valence-electron chi connectivity index (χ0n) is 20.6. The van der Waals surface area contributed by atoms with Gasteiger partial charge >= 0.3 is 11.7 Å². The average molecular weight is 483 g/mol. The maximum atomic E-state index is 13.5. The molecule has 184 valence electrons. The molecular formula is C30H30N2O4. The molecule has 0 spiro atoms. The first kappa shape index (κ1) is 24.9. The lowest BCUT2D eigenvalue weighted by Crippen LogP contribution is -2.26. The van der Waals surface area contributed by atoms with Crippen LogP contribution in [0.25, 0.3) is 11.1 Å². The molecule has 0 fully saturated rings. The monoisotopic (exact) mass is 482 g/mol. The number of hydrogen-bond donors (Lipinski definition) is 1. The van der Waals surface area contributed by atoms with Crippen molar-refractivity contribution in [1.29, 1.82) is 0 Å². The number of rotatable bonds is 10. The van der Waals surface area contributed by atoms with Crippen molar-refractivity contribution in [3.8, 4) is 11.1 Å². The first-order valence-corrected chi connectivity index (χ1v) is 12.1. The molecule has 0 aliphatic carbocycles. The molecule has 0 radical (unpaired) electrons. The number of benzene rings is 3. The third-order valence-electron chi connectivity index (χ3n) is 6.39. The highest BCUT2D eigenvalue weighted by Gasteiger charge is 2.20. The van der Waals surface area contributed by atoms with Gasteiger partial charge < -0.3 is 5.11 Å². The number of hydrogen-bond acceptors (Lipinski definition) is 3. The van der Waals surface area contributed by atoms with E-state index in [0.717, 1.165) is 35.1 Å². The Morgan fingerprint density at radius 1 is 0.861 bits per heavy atom. The van der Waals surface area contributed by atoms with Crippen LogP contribution < -0.4 is 5.69 Å². The molecule has 0 aliphatic heterocycles. The summed E-state index contributed by atoms with van der Waals surface area (Å²) in [5.41, 5.74) is 4.50. The first-order chi connectivity index (χ1) is 17.4. The second-order valence-corrected chi connectivity index (χ2v) is 9.37. The molecule has 0 atom stereocenters. The molecule has 0 amide bonds. The Labute approximate surface area is 210 Å². The normalized spacial score (nSPS) is 11.1. The molecule has 6 heteroatoms. The van der Waals surface area contributed by atoms with Crippen LogP contribution in [0.1, 0.15) is 57.9 Å². The number of carboxylic acid groups (broad SMARTS) is 1. The van der Waals surface area contributed by atoms with Gasteiger partial charge in [0.05, 0.1) is 24.3 Å². The highest BCUT2D eigenvalue weighted by Crippen LogP contribution is 2.25. The van der Waals surface area contributed by atoms with Crippen molar-refractivity contribution in [2.45, 2.75) is 39.8 Å². The third-order valence-corrected chi connectivity index (χ3v) is 6.39. The summed E-state index contributed by atoms with van der Waals surface area (Å²) in [4.78, 5) is 37.3. The summed E-state index contributed by atoms with van der Waals surface area (Å²) in [5.74, 6) is -0.545. The summed E-state index contributed by atoms with van der Waals surface area (Å²) >= 11 is 0. The van der Waals surface area contributed by atoms with Gasteiger partial charge in [-0.2, -0.15) is 0 Å². The predicted octanol–water partition coefficient (Wildman–Crippen LogP) is 5.51. The second-order valence-electron chi connectivity index (χ2n) is 9.37. The van der Waals surface area contributed by atoms with Crippen LogP contribution in [0.3, 0.4) is 0 Å². The summed E-state index contributed by atoms with van der Waals surface area (Å²) in [7, 11) is 0. The minimum Gasteiger partial charge on any atom is -0.478 e. The molecule has 1 heterocycles. The molecule has 36 heavy (non-hydrogen) atoms. The van der Waals surface area contributed by atoms with Gasteiger partial charge in [-0.1, -0.05) is 86.6 Å². The quantitative estimate of drug-likeness (QED) is 0.302. The van der Waals surface area contributed by atoms with Crippen LogP contribution in [0.15, 0.2) is 83.7 Å². The Morgan fingerprint density at radius 3 is 2.11 bits per heavy atom. The van der Waals surface area contributed by atoms with Crippen molar-refractivity contribution < 1.29 is 14.7 Å². The van der Waals surface area contributed by atoms with Gasteiger partial charge in [-0.25, -0.2) is 9.59 Å². The molecule has 6 nitrogen and oxygen atoms in total. The first-order valence-electron chi connectivity index (χ1n) is 12.1. The molecule has 0 unspecified atom stereocenters. The van der Waals surface area contributed by atoms with Crippen LogP contribution in [0, 0.1) is 5.92 Å². The number of imidazole rings is 1. The van der Waals surface area contributed by atoms with Gasteiger partial charge in [-0.15, -0.1) is 0 Å². The average Bonchev–Trinajstić information content (AvgIpc) is 3.13. The minimum absolute atomic E-state index is 0.208. The van der Waals surface area contributed by atoms with E-state index in [2.05, 4.69) is 13.8 Å². The molecule has 3 aromatic carbocycles. The molecule has 4 aromatic rings. The van der Waals surface area contributed by atoms with Crippen LogP contribution in [-0.4, -0.2) is 26.5 Å². The van der Waals surface area contributed by atoms with Crippen molar-refractivity contribution in [2.24, 2.45) is 5.92 Å². The van der Waals surface area contributed by atoms with Crippen LogP contribution in [0.5, 0.6) is 0 Å². The molecule has 1 N–H and O–H groups in total. The predicted molar refractivity (Wildman–Crippen MR) is 141 cm³/mol. The number of carboxylic acids is 1. The Morgan fingerprint density at radius 2 is 1.47 bits per heavy atom. The van der Waals surface area contributed by atoms with Gasteiger partial charge in [0.2, 0.25) is 0 Å². The zero-order chi connectivity index (χ0) is 25.7. The maximum absolute atomic E-state index is 13.5. The summed E-state index contributed by atoms with van der Waals surface area (Å²) < 4.78 is 3.27. The fraction of sp³-hybridized carbons (Fsp3) is 0.233. The van der Waals surface area contributed by atoms with Crippen LogP contribution in [0.2, 0.25) is 0 Å². The Bertz CT molecular complexity index is 1410. The summed E-state index contributed by atoms with van der Waals surface area (Å²) in [5, 5.41) is 9.52. The Balaban J connectivity index is 1.70. The van der Waals surface area contributed by atoms with Crippen molar-refractivity contribution >= 4 is 12.3 Å². The molecular weight excluding hydrogens is 452 g/mol. The van der Waals surface area contributed by atoms with E-state index < -0.39 is 5.97 Å². The topological polar surface area (TPSA) is 81.3 Å². The maximum Gasteiger partial charge on any atom is 0.336 e. The van der Waals surface area contributed by atoms with Gasteiger partial charge in [-0.05, 0) is 47.1 Å². The molecule has 0 saturated carbocycles. The van der Waals surface area contributed by atoms with Crippen molar-refractivity contribution in [3.05, 3.63) is 117 Å². The van der Waals surface area contributed by atoms with Crippen LogP contribution in [0.4, 0.5) is 0 Å². The van der Waals surface area contributed by atoms with Crippen LogP contribution in [-0.2, 0) is 19.5 Å². The number of nitrogens with zero attached hydrogens (tertiary/aromatic N) is 2. The number of aromatic nitrogens is 2. The van der Waals surface area contributed by atoms with Crippen LogP contribution >= 0.6 is 0 Å². The van der Waals surface area contributed by atoms with Gasteiger partial charge in [0.25, 0.3) is 0 Å². The zero-order valence-corrected chi connectivity index (χ0v) is 20.6. The van der Waals surface area contributed by atoms with E-state index in [0.29, 0.717) is 36.7 Å². The van der Waals surface area contributed by atoms with E-state index in [1.54, 1.807) is 27.3 Å². The van der Waals surface area contributed by atoms with Gasteiger partial charge in [-0.3, -0.25) is 13.9 Å². The lowest BCUT2D eigenvalue weighted by atomic mass is 9.98. The molecule has 0 bridgehead atoms. The van der Waals surface area contributed by atoms with E-state index in [-0.39, 0.29) is 11.3 Å². The SMILES string of the molecule is CC(C)CCc1c(C=O)n(Cc2ccccc2)c(=O)n1Cc1ccc(-c2ccccc2C(=O)O)cc1. The van der Waals surface area contributed by atoms with Crippen molar-refractivity contribution in [1.82, 2.24) is 9.13 Å². The van der Waals surface area contributed by atoms with E-state index >= 15 is 0 Å². The van der Waals surface area contributed by atoms with E-state index in [4.69, 9.17) is 0 Å². The second kappa shape index (κ2) is 11.0. The Kier molecular flexibility index (Phi) is 7.64. The van der Waals surface area contributed by atoms with E-state index in [1.165, 1.54) is 0 Å². The smallest absolute Gasteiger partial charge is 0.336 e. The summed E-state index contributed by atoms with van der Waals surface area (Å²) in [6.07, 6.45) is 2.29. The van der Waals surface area contributed by atoms with Gasteiger partial charge in [0.1, 0.15) is 5.69 Å². The number of aromatic carboxylic acids is 1. The summed E-state index contributed by atoms with van der Waals surface area (Å²) in [6.45, 7) is 4.91. The number of carbonyl (C=O) groups excluding carboxylic acids is 1. The summed E-state index contributed by atoms with van der Waals surface area (Å²) in [6, 6.07) is 24.1. The highest BCUT2D eigenvalue weighted by atomic mass is 16.4. The Hall–Kier alpha value is -4.19. The van der Waals surface area contributed by atoms with E-state index in [9.17, 15) is 19.5 Å². The fourth-order valence-corrected chi connectivity index (χ4v) is 4.45. The molecule has 4 rings (SSSR count). The third kappa shape index (κ3) is 5.38. The largest absolute Gasteiger partial charge is 0.478 e.